The van der Waals surface area contributed by atoms with Crippen molar-refractivity contribution in [3.63, 3.8) is 0 Å². The summed E-state index contributed by atoms with van der Waals surface area (Å²) < 4.78 is 1.68. The van der Waals surface area contributed by atoms with E-state index in [1.54, 1.807) is 10.9 Å². The average molecular weight is 274 g/mol. The Morgan fingerprint density at radius 2 is 2.40 bits per heavy atom. The van der Waals surface area contributed by atoms with E-state index in [0.29, 0.717) is 0 Å². The summed E-state index contributed by atoms with van der Waals surface area (Å²) in [4.78, 5) is 9.99. The summed E-state index contributed by atoms with van der Waals surface area (Å²) in [6.45, 7) is 0.770. The molecule has 0 bridgehead atoms. The van der Waals surface area contributed by atoms with Crippen LogP contribution in [0.15, 0.2) is 12.3 Å². The maximum absolute atomic E-state index is 10.5. The van der Waals surface area contributed by atoms with Crippen molar-refractivity contribution in [3.05, 3.63) is 22.4 Å². The van der Waals surface area contributed by atoms with Gasteiger partial charge in [0.15, 0.2) is 0 Å². The number of nitro groups is 1. The van der Waals surface area contributed by atoms with Crippen molar-refractivity contribution in [1.29, 1.82) is 0 Å². The van der Waals surface area contributed by atoms with Crippen LogP contribution in [-0.4, -0.2) is 20.0 Å². The second-order valence-corrected chi connectivity index (χ2v) is 4.68. The number of hydrogen-bond acceptors (Lipinski definition) is 3. The van der Waals surface area contributed by atoms with E-state index in [-0.39, 0.29) is 11.2 Å². The Morgan fingerprint density at radius 1 is 1.67 bits per heavy atom. The molecule has 1 saturated carbocycles. The Labute approximate surface area is 95.7 Å². The molecule has 0 unspecified atom stereocenters. The first-order valence-corrected chi connectivity index (χ1v) is 6.01. The zero-order valence-corrected chi connectivity index (χ0v) is 9.81. The molecule has 1 heterocycles. The van der Waals surface area contributed by atoms with Crippen LogP contribution in [0.4, 0.5) is 5.82 Å². The Hall–Kier alpha value is -0.910. The molecule has 5 nitrogen and oxygen atoms in total. The maximum Gasteiger partial charge on any atom is 0.389 e. The quantitative estimate of drug-likeness (QED) is 0.481. The molecule has 2 rings (SSSR count). The zero-order chi connectivity index (χ0) is 10.9. The molecule has 1 fully saturated rings. The molecular weight excluding hydrogens is 262 g/mol. The highest BCUT2D eigenvalue weighted by Crippen LogP contribution is 2.43. The first-order valence-electron chi connectivity index (χ1n) is 4.89. The fraction of sp³-hybridized carbons (Fsp3) is 0.667. The monoisotopic (exact) mass is 273 g/mol. The van der Waals surface area contributed by atoms with Gasteiger partial charge in [0, 0.05) is 10.7 Å². The maximum atomic E-state index is 10.5. The lowest BCUT2D eigenvalue weighted by atomic mass is 9.70. The minimum atomic E-state index is -0.460. The number of nitrogens with zero attached hydrogens (tertiary/aromatic N) is 3. The van der Waals surface area contributed by atoms with Gasteiger partial charge in [-0.05, 0) is 17.8 Å². The molecule has 0 radical (unpaired) electrons. The number of alkyl halides is 1. The van der Waals surface area contributed by atoms with Crippen molar-refractivity contribution < 1.29 is 4.92 Å². The lowest BCUT2D eigenvalue weighted by Gasteiger charge is -2.39. The Kier molecular flexibility index (Phi) is 2.77. The van der Waals surface area contributed by atoms with Crippen LogP contribution in [0.5, 0.6) is 0 Å². The first-order chi connectivity index (χ1) is 7.15. The zero-order valence-electron chi connectivity index (χ0n) is 8.23. The largest absolute Gasteiger partial charge is 0.389 e. The smallest absolute Gasteiger partial charge is 0.358 e. The molecule has 0 saturated heterocycles. The predicted octanol–water partition coefficient (Wildman–Crippen LogP) is 2.36. The summed E-state index contributed by atoms with van der Waals surface area (Å²) in [5.74, 6) is -0.0703. The molecule has 0 spiro atoms. The molecular formula is C9H12BrN3O2. The molecule has 0 N–H and O–H groups in total. The highest BCUT2D eigenvalue weighted by Gasteiger charge is 2.37. The summed E-state index contributed by atoms with van der Waals surface area (Å²) >= 11 is 3.50. The van der Waals surface area contributed by atoms with Crippen molar-refractivity contribution in [2.75, 3.05) is 5.33 Å². The predicted molar refractivity (Wildman–Crippen MR) is 59.0 cm³/mol. The fourth-order valence-corrected chi connectivity index (χ4v) is 2.63. The Balaban J connectivity index is 2.07. The number of aromatic nitrogens is 2. The second-order valence-electron chi connectivity index (χ2n) is 4.12. The lowest BCUT2D eigenvalue weighted by Crippen LogP contribution is -2.35. The third-order valence-corrected chi connectivity index (χ3v) is 4.20. The fourth-order valence-electron chi connectivity index (χ4n) is 1.89. The van der Waals surface area contributed by atoms with Gasteiger partial charge in [-0.2, -0.15) is 4.68 Å². The lowest BCUT2D eigenvalue weighted by molar-refractivity contribution is -0.389. The first kappa shape index (κ1) is 10.6. The molecule has 82 valence electrons. The van der Waals surface area contributed by atoms with Crippen molar-refractivity contribution >= 4 is 21.7 Å². The van der Waals surface area contributed by atoms with Gasteiger partial charge >= 0.3 is 5.82 Å². The molecule has 0 amide bonds. The molecule has 0 aromatic carbocycles. The summed E-state index contributed by atoms with van der Waals surface area (Å²) in [5.41, 5.74) is 0.264. The van der Waals surface area contributed by atoms with Crippen molar-refractivity contribution in [2.45, 2.75) is 25.8 Å². The molecule has 6 heteroatoms. The van der Waals surface area contributed by atoms with Crippen LogP contribution >= 0.6 is 15.9 Å². The third-order valence-electron chi connectivity index (χ3n) is 3.01. The van der Waals surface area contributed by atoms with E-state index in [0.717, 1.165) is 11.9 Å². The highest BCUT2D eigenvalue weighted by molar-refractivity contribution is 9.09. The molecule has 15 heavy (non-hydrogen) atoms. The van der Waals surface area contributed by atoms with Crippen molar-refractivity contribution in [2.24, 2.45) is 5.41 Å². The topological polar surface area (TPSA) is 61.0 Å². The van der Waals surface area contributed by atoms with Gasteiger partial charge in [0.2, 0.25) is 0 Å². The molecule has 0 aliphatic heterocycles. The minimum absolute atomic E-state index is 0.0703. The van der Waals surface area contributed by atoms with Crippen LogP contribution in [0.2, 0.25) is 0 Å². The molecule has 1 aliphatic carbocycles. The number of rotatable bonds is 4. The van der Waals surface area contributed by atoms with E-state index in [9.17, 15) is 10.1 Å². The van der Waals surface area contributed by atoms with Crippen molar-refractivity contribution in [3.8, 4) is 0 Å². The van der Waals surface area contributed by atoms with Crippen LogP contribution in [-0.2, 0) is 6.54 Å². The Bertz CT molecular complexity index is 368. The van der Waals surface area contributed by atoms with Gasteiger partial charge in [-0.15, -0.1) is 0 Å². The van der Waals surface area contributed by atoms with E-state index in [4.69, 9.17) is 0 Å². The van der Waals surface area contributed by atoms with Crippen LogP contribution < -0.4 is 0 Å². The minimum Gasteiger partial charge on any atom is -0.358 e. The second kappa shape index (κ2) is 3.92. The molecule has 1 aromatic rings. The van der Waals surface area contributed by atoms with E-state index in [1.807, 2.05) is 0 Å². The third kappa shape index (κ3) is 2.04. The van der Waals surface area contributed by atoms with E-state index < -0.39 is 4.92 Å². The van der Waals surface area contributed by atoms with Gasteiger partial charge < -0.3 is 10.1 Å². The summed E-state index contributed by atoms with van der Waals surface area (Å²) in [6.07, 6.45) is 5.27. The van der Waals surface area contributed by atoms with Crippen LogP contribution in [0, 0.1) is 15.5 Å². The molecule has 0 atom stereocenters. The molecule has 1 aromatic heterocycles. The van der Waals surface area contributed by atoms with Gasteiger partial charge in [-0.3, -0.25) is 0 Å². The normalized spacial score (nSPS) is 18.5. The summed E-state index contributed by atoms with van der Waals surface area (Å²) in [5, 5.41) is 15.3. The summed E-state index contributed by atoms with van der Waals surface area (Å²) in [7, 11) is 0. The summed E-state index contributed by atoms with van der Waals surface area (Å²) in [6, 6.07) is 1.45. The van der Waals surface area contributed by atoms with Gasteiger partial charge in [0.1, 0.15) is 0 Å². The highest BCUT2D eigenvalue weighted by atomic mass is 79.9. The van der Waals surface area contributed by atoms with Crippen LogP contribution in [0.1, 0.15) is 19.3 Å². The number of halogens is 1. The van der Waals surface area contributed by atoms with Gasteiger partial charge in [-0.1, -0.05) is 22.4 Å². The van der Waals surface area contributed by atoms with Crippen LogP contribution in [0.3, 0.4) is 0 Å². The van der Waals surface area contributed by atoms with Gasteiger partial charge in [0.25, 0.3) is 0 Å². The average Bonchev–Trinajstić information content (AvgIpc) is 2.59. The number of hydrogen-bond donors (Lipinski definition) is 0. The van der Waals surface area contributed by atoms with E-state index in [1.165, 1.54) is 25.3 Å². The standard InChI is InChI=1S/C9H12BrN3O2/c10-6-9(3-1-4-9)7-12-5-2-8(11-12)13(14)15/h2,5H,1,3-4,6-7H2. The van der Waals surface area contributed by atoms with E-state index in [2.05, 4.69) is 21.0 Å². The van der Waals surface area contributed by atoms with Gasteiger partial charge in [0.05, 0.1) is 23.9 Å². The van der Waals surface area contributed by atoms with Crippen LogP contribution in [0.25, 0.3) is 0 Å². The van der Waals surface area contributed by atoms with Gasteiger partial charge in [-0.25, -0.2) is 0 Å². The Morgan fingerprint density at radius 3 is 2.80 bits per heavy atom. The molecule has 1 aliphatic rings. The SMILES string of the molecule is O=[N+]([O-])c1ccn(CC2(CBr)CCC2)n1. The van der Waals surface area contributed by atoms with E-state index >= 15 is 0 Å². The van der Waals surface area contributed by atoms with Crippen molar-refractivity contribution in [1.82, 2.24) is 9.78 Å².